The maximum absolute atomic E-state index is 14.2. The van der Waals surface area contributed by atoms with Gasteiger partial charge in [-0.05, 0) is 55.5 Å². The van der Waals surface area contributed by atoms with E-state index in [-0.39, 0.29) is 5.69 Å². The van der Waals surface area contributed by atoms with Crippen molar-refractivity contribution in [1.82, 2.24) is 0 Å². The van der Waals surface area contributed by atoms with Crippen LogP contribution in [0.15, 0.2) is 78.9 Å². The Morgan fingerprint density at radius 3 is 2.10 bits per heavy atom. The number of hydrogen-bond acceptors (Lipinski definition) is 4. The molecule has 0 unspecified atom stereocenters. The van der Waals surface area contributed by atoms with Crippen LogP contribution in [0.1, 0.15) is 6.92 Å². The second kappa shape index (κ2) is 8.96. The molecule has 1 amide bonds. The van der Waals surface area contributed by atoms with Crippen molar-refractivity contribution in [2.24, 2.45) is 0 Å². The molecule has 0 fully saturated rings. The summed E-state index contributed by atoms with van der Waals surface area (Å²) in [7, 11) is -3.91. The lowest BCUT2D eigenvalue weighted by molar-refractivity contribution is -0.116. The lowest BCUT2D eigenvalue weighted by Crippen LogP contribution is -2.45. The van der Waals surface area contributed by atoms with E-state index < -0.39 is 27.8 Å². The summed E-state index contributed by atoms with van der Waals surface area (Å²) in [6, 6.07) is 20.1. The number of hydrogen-bond donors (Lipinski definition) is 1. The number of nitrogens with zero attached hydrogens (tertiary/aromatic N) is 1. The topological polar surface area (TPSA) is 75.7 Å². The Morgan fingerprint density at radius 2 is 1.50 bits per heavy atom. The highest BCUT2D eigenvalue weighted by Gasteiger charge is 2.30. The smallest absolute Gasteiger partial charge is 0.247 e. The number of carbonyl (C=O) groups excluding carboxylic acids is 1. The van der Waals surface area contributed by atoms with Gasteiger partial charge in [0.2, 0.25) is 15.9 Å². The third-order valence-corrected chi connectivity index (χ3v) is 5.51. The predicted octanol–water partition coefficient (Wildman–Crippen LogP) is 4.41. The molecule has 3 aromatic carbocycles. The van der Waals surface area contributed by atoms with Gasteiger partial charge in [-0.15, -0.1) is 0 Å². The van der Waals surface area contributed by atoms with Crippen LogP contribution in [0.5, 0.6) is 11.5 Å². The molecule has 156 valence electrons. The van der Waals surface area contributed by atoms with Gasteiger partial charge in [0.15, 0.2) is 0 Å². The van der Waals surface area contributed by atoms with Crippen molar-refractivity contribution < 1.29 is 22.3 Å². The van der Waals surface area contributed by atoms with Gasteiger partial charge < -0.3 is 10.1 Å². The molecule has 8 heteroatoms. The van der Waals surface area contributed by atoms with E-state index in [9.17, 15) is 17.6 Å². The first-order chi connectivity index (χ1) is 14.3. The van der Waals surface area contributed by atoms with E-state index in [0.717, 1.165) is 16.6 Å². The molecular weight excluding hydrogens is 407 g/mol. The Kier molecular flexibility index (Phi) is 6.37. The van der Waals surface area contributed by atoms with Crippen LogP contribution in [0.2, 0.25) is 0 Å². The normalized spacial score (nSPS) is 12.1. The molecule has 1 atom stereocenters. The summed E-state index contributed by atoms with van der Waals surface area (Å²) in [5.41, 5.74) is 0.267. The fourth-order valence-electron chi connectivity index (χ4n) is 2.89. The SMILES string of the molecule is C[C@@H](C(=O)Nc1ccc(Oc2ccccc2)cc1)N(c1ccccc1F)S(C)(=O)=O. The zero-order chi connectivity index (χ0) is 21.7. The zero-order valence-electron chi connectivity index (χ0n) is 16.4. The van der Waals surface area contributed by atoms with E-state index in [1.807, 2.05) is 30.3 Å². The van der Waals surface area contributed by atoms with Gasteiger partial charge in [-0.25, -0.2) is 12.8 Å². The molecule has 3 rings (SSSR count). The fraction of sp³-hybridized carbons (Fsp3) is 0.136. The standard InChI is InChI=1S/C22H21FN2O4S/c1-16(25(30(2,27)28)21-11-7-6-10-20(21)23)22(26)24-17-12-14-19(15-13-17)29-18-8-4-3-5-9-18/h3-16H,1-2H3,(H,24,26)/t16-/m0/s1. The highest BCUT2D eigenvalue weighted by atomic mass is 32.2. The Bertz CT molecular complexity index is 1120. The van der Waals surface area contributed by atoms with E-state index in [4.69, 9.17) is 4.74 Å². The second-order valence-corrected chi connectivity index (χ2v) is 8.47. The lowest BCUT2D eigenvalue weighted by atomic mass is 10.2. The second-order valence-electron chi connectivity index (χ2n) is 6.61. The van der Waals surface area contributed by atoms with Crippen molar-refractivity contribution in [1.29, 1.82) is 0 Å². The Morgan fingerprint density at radius 1 is 0.933 bits per heavy atom. The minimum atomic E-state index is -3.91. The molecule has 1 N–H and O–H groups in total. The zero-order valence-corrected chi connectivity index (χ0v) is 17.3. The van der Waals surface area contributed by atoms with Crippen molar-refractivity contribution in [2.45, 2.75) is 13.0 Å². The molecule has 0 heterocycles. The van der Waals surface area contributed by atoms with E-state index in [1.54, 1.807) is 24.3 Å². The lowest BCUT2D eigenvalue weighted by Gasteiger charge is -2.28. The Balaban J connectivity index is 1.74. The molecule has 6 nitrogen and oxygen atoms in total. The van der Waals surface area contributed by atoms with Gasteiger partial charge in [0.05, 0.1) is 11.9 Å². The van der Waals surface area contributed by atoms with Gasteiger partial charge >= 0.3 is 0 Å². The molecule has 0 aliphatic carbocycles. The minimum Gasteiger partial charge on any atom is -0.457 e. The van der Waals surface area contributed by atoms with Crippen LogP contribution in [0.3, 0.4) is 0 Å². The van der Waals surface area contributed by atoms with Crippen LogP contribution >= 0.6 is 0 Å². The Labute approximate surface area is 175 Å². The van der Waals surface area contributed by atoms with E-state index in [2.05, 4.69) is 5.32 Å². The van der Waals surface area contributed by atoms with Crippen LogP contribution in [0.4, 0.5) is 15.8 Å². The summed E-state index contributed by atoms with van der Waals surface area (Å²) >= 11 is 0. The summed E-state index contributed by atoms with van der Waals surface area (Å²) < 4.78 is 45.2. The average Bonchev–Trinajstić information content (AvgIpc) is 2.71. The van der Waals surface area contributed by atoms with Crippen LogP contribution in [-0.2, 0) is 14.8 Å². The molecule has 0 aliphatic rings. The largest absolute Gasteiger partial charge is 0.457 e. The van der Waals surface area contributed by atoms with Gasteiger partial charge in [-0.1, -0.05) is 30.3 Å². The van der Waals surface area contributed by atoms with E-state index in [0.29, 0.717) is 17.2 Å². The molecular formula is C22H21FN2O4S. The number of para-hydroxylation sites is 2. The molecule has 30 heavy (non-hydrogen) atoms. The van der Waals surface area contributed by atoms with Crippen molar-refractivity contribution in [3.8, 4) is 11.5 Å². The van der Waals surface area contributed by atoms with E-state index >= 15 is 0 Å². The molecule has 3 aromatic rings. The van der Waals surface area contributed by atoms with Crippen molar-refractivity contribution >= 4 is 27.3 Å². The highest BCUT2D eigenvalue weighted by molar-refractivity contribution is 7.92. The molecule has 0 aliphatic heterocycles. The van der Waals surface area contributed by atoms with Crippen molar-refractivity contribution in [3.05, 3.63) is 84.7 Å². The molecule has 0 radical (unpaired) electrons. The predicted molar refractivity (Wildman–Crippen MR) is 115 cm³/mol. The number of carbonyl (C=O) groups is 1. The molecule has 0 bridgehead atoms. The summed E-state index contributed by atoms with van der Waals surface area (Å²) in [4.78, 5) is 12.7. The quantitative estimate of drug-likeness (QED) is 0.605. The summed E-state index contributed by atoms with van der Waals surface area (Å²) in [6.07, 6.45) is 0.929. The third kappa shape index (κ3) is 5.15. The summed E-state index contributed by atoms with van der Waals surface area (Å²) in [5, 5.41) is 2.65. The number of rotatable bonds is 7. The number of anilines is 2. The fourth-order valence-corrected chi connectivity index (χ4v) is 4.06. The highest BCUT2D eigenvalue weighted by Crippen LogP contribution is 2.26. The van der Waals surface area contributed by atoms with Gasteiger partial charge in [-0.2, -0.15) is 0 Å². The van der Waals surface area contributed by atoms with Gasteiger partial charge in [0.1, 0.15) is 23.4 Å². The number of amides is 1. The van der Waals surface area contributed by atoms with Gasteiger partial charge in [-0.3, -0.25) is 9.10 Å². The van der Waals surface area contributed by atoms with Crippen molar-refractivity contribution in [2.75, 3.05) is 15.9 Å². The first-order valence-electron chi connectivity index (χ1n) is 9.13. The monoisotopic (exact) mass is 428 g/mol. The molecule has 0 aromatic heterocycles. The third-order valence-electron chi connectivity index (χ3n) is 4.28. The van der Waals surface area contributed by atoms with Crippen LogP contribution in [-0.4, -0.2) is 26.6 Å². The maximum Gasteiger partial charge on any atom is 0.247 e. The number of nitrogens with one attached hydrogen (secondary N) is 1. The first-order valence-corrected chi connectivity index (χ1v) is 11.0. The van der Waals surface area contributed by atoms with Gasteiger partial charge in [0, 0.05) is 5.69 Å². The van der Waals surface area contributed by atoms with Crippen molar-refractivity contribution in [3.63, 3.8) is 0 Å². The summed E-state index contributed by atoms with van der Waals surface area (Å²) in [6.45, 7) is 1.40. The maximum atomic E-state index is 14.2. The van der Waals surface area contributed by atoms with Gasteiger partial charge in [0.25, 0.3) is 0 Å². The first kappa shape index (κ1) is 21.3. The summed E-state index contributed by atoms with van der Waals surface area (Å²) in [5.74, 6) is -0.0710. The minimum absolute atomic E-state index is 0.186. The average molecular weight is 428 g/mol. The van der Waals surface area contributed by atoms with Crippen LogP contribution in [0.25, 0.3) is 0 Å². The molecule has 0 spiro atoms. The number of benzene rings is 3. The number of ether oxygens (including phenoxy) is 1. The number of sulfonamides is 1. The Hall–Kier alpha value is -3.39. The number of halogens is 1. The molecule has 0 saturated heterocycles. The van der Waals surface area contributed by atoms with Crippen LogP contribution in [0, 0.1) is 5.82 Å². The van der Waals surface area contributed by atoms with Crippen LogP contribution < -0.4 is 14.4 Å². The van der Waals surface area contributed by atoms with E-state index in [1.165, 1.54) is 25.1 Å². The molecule has 0 saturated carbocycles.